The molecule has 2 heteroatoms. The molecule has 104 valence electrons. The van der Waals surface area contributed by atoms with Crippen molar-refractivity contribution >= 4 is 0 Å². The number of aliphatic hydroxyl groups excluding tert-OH is 2. The molecule has 0 aromatic rings. The second-order valence-electron chi connectivity index (χ2n) is 5.17. The third-order valence-corrected chi connectivity index (χ3v) is 2.83. The van der Waals surface area contributed by atoms with Crippen LogP contribution in [0.4, 0.5) is 0 Å². The number of allylic oxidation sites excluding steroid dienone is 4. The fourth-order valence-corrected chi connectivity index (χ4v) is 1.75. The van der Waals surface area contributed by atoms with E-state index in [2.05, 4.69) is 13.0 Å². The van der Waals surface area contributed by atoms with E-state index in [-0.39, 0.29) is 12.7 Å². The van der Waals surface area contributed by atoms with Gasteiger partial charge in [-0.1, -0.05) is 34.9 Å². The first-order valence-electron chi connectivity index (χ1n) is 6.71. The summed E-state index contributed by atoms with van der Waals surface area (Å²) >= 11 is 0. The molecule has 2 nitrogen and oxygen atoms in total. The molecule has 0 saturated carbocycles. The SMILES string of the molecule is CC(C)=CC(O)CC/C(C)=C/CC/C(C)=C/CO. The summed E-state index contributed by atoms with van der Waals surface area (Å²) in [5.74, 6) is 0. The molecule has 0 saturated heterocycles. The van der Waals surface area contributed by atoms with Crippen molar-refractivity contribution in [2.24, 2.45) is 0 Å². The van der Waals surface area contributed by atoms with Gasteiger partial charge in [-0.05, 0) is 53.4 Å². The van der Waals surface area contributed by atoms with Crippen LogP contribution in [0.15, 0.2) is 34.9 Å². The third kappa shape index (κ3) is 10.3. The predicted molar refractivity (Wildman–Crippen MR) is 78.5 cm³/mol. The van der Waals surface area contributed by atoms with E-state index < -0.39 is 0 Å². The van der Waals surface area contributed by atoms with Crippen LogP contribution in [0.3, 0.4) is 0 Å². The Morgan fingerprint density at radius 2 is 1.61 bits per heavy atom. The average molecular weight is 252 g/mol. The van der Waals surface area contributed by atoms with Gasteiger partial charge in [-0.15, -0.1) is 0 Å². The summed E-state index contributed by atoms with van der Waals surface area (Å²) in [5.41, 5.74) is 3.72. The molecule has 0 aliphatic carbocycles. The van der Waals surface area contributed by atoms with Crippen molar-refractivity contribution in [2.45, 2.75) is 59.5 Å². The van der Waals surface area contributed by atoms with E-state index in [0.29, 0.717) is 0 Å². The lowest BCUT2D eigenvalue weighted by Crippen LogP contribution is -2.02. The standard InChI is InChI=1S/C16H28O2/c1-13(2)12-16(18)9-8-14(3)6-5-7-15(4)10-11-17/h6,10,12,16-18H,5,7-9,11H2,1-4H3/b14-6+,15-10+. The first-order valence-corrected chi connectivity index (χ1v) is 6.71. The summed E-state index contributed by atoms with van der Waals surface area (Å²) < 4.78 is 0. The summed E-state index contributed by atoms with van der Waals surface area (Å²) in [4.78, 5) is 0. The van der Waals surface area contributed by atoms with E-state index in [9.17, 15) is 5.11 Å². The van der Waals surface area contributed by atoms with E-state index >= 15 is 0 Å². The molecule has 0 radical (unpaired) electrons. The molecule has 0 fully saturated rings. The van der Waals surface area contributed by atoms with Gasteiger partial charge in [0.05, 0.1) is 12.7 Å². The zero-order valence-electron chi connectivity index (χ0n) is 12.2. The monoisotopic (exact) mass is 252 g/mol. The van der Waals surface area contributed by atoms with Crippen molar-refractivity contribution in [3.05, 3.63) is 34.9 Å². The maximum absolute atomic E-state index is 9.71. The molecule has 0 amide bonds. The zero-order valence-corrected chi connectivity index (χ0v) is 12.2. The quantitative estimate of drug-likeness (QED) is 0.646. The van der Waals surface area contributed by atoms with E-state index in [4.69, 9.17) is 5.11 Å². The third-order valence-electron chi connectivity index (χ3n) is 2.83. The summed E-state index contributed by atoms with van der Waals surface area (Å²) in [6.45, 7) is 8.28. The van der Waals surface area contributed by atoms with E-state index in [1.807, 2.05) is 32.9 Å². The van der Waals surface area contributed by atoms with Crippen LogP contribution in [0.25, 0.3) is 0 Å². The molecule has 0 heterocycles. The molecular formula is C16H28O2. The maximum atomic E-state index is 9.71. The number of hydrogen-bond donors (Lipinski definition) is 2. The average Bonchev–Trinajstić information content (AvgIpc) is 2.26. The Balaban J connectivity index is 3.92. The van der Waals surface area contributed by atoms with Crippen LogP contribution in [0, 0.1) is 0 Å². The Labute approximate surface area is 112 Å². The van der Waals surface area contributed by atoms with Gasteiger partial charge in [0.15, 0.2) is 0 Å². The molecular weight excluding hydrogens is 224 g/mol. The van der Waals surface area contributed by atoms with Crippen LogP contribution >= 0.6 is 0 Å². The van der Waals surface area contributed by atoms with Gasteiger partial charge in [0.2, 0.25) is 0 Å². The second-order valence-corrected chi connectivity index (χ2v) is 5.17. The van der Waals surface area contributed by atoms with Gasteiger partial charge in [-0.25, -0.2) is 0 Å². The highest BCUT2D eigenvalue weighted by atomic mass is 16.3. The van der Waals surface area contributed by atoms with E-state index in [0.717, 1.165) is 31.3 Å². The molecule has 2 N–H and O–H groups in total. The normalized spacial score (nSPS) is 14.6. The van der Waals surface area contributed by atoms with Gasteiger partial charge in [0.25, 0.3) is 0 Å². The maximum Gasteiger partial charge on any atom is 0.0726 e. The van der Waals surface area contributed by atoms with Gasteiger partial charge >= 0.3 is 0 Å². The molecule has 0 aromatic carbocycles. The molecule has 0 bridgehead atoms. The van der Waals surface area contributed by atoms with Crippen LogP contribution in [-0.4, -0.2) is 22.9 Å². The van der Waals surface area contributed by atoms with E-state index in [1.165, 1.54) is 11.1 Å². The predicted octanol–water partition coefficient (Wildman–Crippen LogP) is 3.76. The summed E-state index contributed by atoms with van der Waals surface area (Å²) in [6, 6.07) is 0. The largest absolute Gasteiger partial charge is 0.392 e. The summed E-state index contributed by atoms with van der Waals surface area (Å²) in [5, 5.41) is 18.4. The minimum atomic E-state index is -0.325. The highest BCUT2D eigenvalue weighted by Crippen LogP contribution is 2.12. The van der Waals surface area contributed by atoms with Crippen molar-refractivity contribution in [3.63, 3.8) is 0 Å². The van der Waals surface area contributed by atoms with Gasteiger partial charge in [0, 0.05) is 0 Å². The lowest BCUT2D eigenvalue weighted by atomic mass is 10.0. The fourth-order valence-electron chi connectivity index (χ4n) is 1.75. The number of aliphatic hydroxyl groups is 2. The van der Waals surface area contributed by atoms with Gasteiger partial charge in [-0.2, -0.15) is 0 Å². The summed E-state index contributed by atoms with van der Waals surface area (Å²) in [6.07, 6.45) is 9.38. The smallest absolute Gasteiger partial charge is 0.0726 e. The Hall–Kier alpha value is -0.860. The van der Waals surface area contributed by atoms with Crippen molar-refractivity contribution < 1.29 is 10.2 Å². The molecule has 18 heavy (non-hydrogen) atoms. The highest BCUT2D eigenvalue weighted by Gasteiger charge is 2.00. The Morgan fingerprint density at radius 3 is 2.17 bits per heavy atom. The lowest BCUT2D eigenvalue weighted by Gasteiger charge is -2.07. The molecule has 0 aliphatic heterocycles. The molecule has 0 aromatic heterocycles. The van der Waals surface area contributed by atoms with E-state index in [1.54, 1.807) is 0 Å². The minimum absolute atomic E-state index is 0.128. The molecule has 0 aliphatic rings. The molecule has 1 atom stereocenters. The van der Waals surface area contributed by atoms with Crippen LogP contribution in [-0.2, 0) is 0 Å². The summed E-state index contributed by atoms with van der Waals surface area (Å²) in [7, 11) is 0. The molecule has 1 unspecified atom stereocenters. The zero-order chi connectivity index (χ0) is 14.0. The van der Waals surface area contributed by atoms with Crippen LogP contribution in [0.5, 0.6) is 0 Å². The number of rotatable bonds is 8. The van der Waals surface area contributed by atoms with Crippen LogP contribution in [0.2, 0.25) is 0 Å². The number of hydrogen-bond acceptors (Lipinski definition) is 2. The van der Waals surface area contributed by atoms with Gasteiger partial charge < -0.3 is 10.2 Å². The Morgan fingerprint density at radius 1 is 1.00 bits per heavy atom. The topological polar surface area (TPSA) is 40.5 Å². The van der Waals surface area contributed by atoms with Crippen molar-refractivity contribution in [3.8, 4) is 0 Å². The van der Waals surface area contributed by atoms with Crippen molar-refractivity contribution in [1.29, 1.82) is 0 Å². The molecule has 0 rings (SSSR count). The minimum Gasteiger partial charge on any atom is -0.392 e. The first kappa shape index (κ1) is 17.1. The van der Waals surface area contributed by atoms with Gasteiger partial charge in [-0.3, -0.25) is 0 Å². The Kier molecular flexibility index (Phi) is 9.62. The first-order chi connectivity index (χ1) is 8.45. The fraction of sp³-hybridized carbons (Fsp3) is 0.625. The Bertz CT molecular complexity index is 307. The van der Waals surface area contributed by atoms with Crippen LogP contribution in [0.1, 0.15) is 53.4 Å². The van der Waals surface area contributed by atoms with Crippen LogP contribution < -0.4 is 0 Å². The second kappa shape index (κ2) is 10.1. The van der Waals surface area contributed by atoms with Crippen molar-refractivity contribution in [1.82, 2.24) is 0 Å². The molecule has 0 spiro atoms. The van der Waals surface area contributed by atoms with Crippen molar-refractivity contribution in [2.75, 3.05) is 6.61 Å². The van der Waals surface area contributed by atoms with Gasteiger partial charge in [0.1, 0.15) is 0 Å². The highest BCUT2D eigenvalue weighted by molar-refractivity contribution is 5.05. The lowest BCUT2D eigenvalue weighted by molar-refractivity contribution is 0.212.